The van der Waals surface area contributed by atoms with Gasteiger partial charge in [-0.1, -0.05) is 30.1 Å². The molecule has 1 aliphatic heterocycles. The third kappa shape index (κ3) is 4.42. The van der Waals surface area contributed by atoms with Crippen molar-refractivity contribution in [1.82, 2.24) is 19.9 Å². The molecular formula is C23H27Cl2N5O2S. The van der Waals surface area contributed by atoms with Gasteiger partial charge in [0.2, 0.25) is 0 Å². The molecule has 1 fully saturated rings. The minimum Gasteiger partial charge on any atom is -0.374 e. The highest BCUT2D eigenvalue weighted by molar-refractivity contribution is 7.09. The van der Waals surface area contributed by atoms with Crippen molar-refractivity contribution in [1.29, 1.82) is 0 Å². The molecule has 0 amide bonds. The summed E-state index contributed by atoms with van der Waals surface area (Å²) in [4.78, 5) is 23.3. The zero-order valence-electron chi connectivity index (χ0n) is 18.8. The number of nitrogens with zero attached hydrogens (tertiary/aromatic N) is 3. The Morgan fingerprint density at radius 3 is 2.79 bits per heavy atom. The average molecular weight is 508 g/mol. The van der Waals surface area contributed by atoms with E-state index in [1.807, 2.05) is 26.2 Å². The Balaban J connectivity index is 1.88. The molecule has 2 N–H and O–H groups in total. The summed E-state index contributed by atoms with van der Waals surface area (Å²) in [5.74, 6) is 0.528. The maximum Gasteiger partial charge on any atom is 0.277 e. The van der Waals surface area contributed by atoms with Gasteiger partial charge >= 0.3 is 0 Å². The standard InChI is InChI=1S/C23H27Cl2N5O2S/c1-4-17-19(29-23(22-27-9-10-33-22)13-26-12-18(23)32-6-3)21(31)30(5-2)20(28-17)15-8-7-14(24)11-16(15)25/h7-11,18,26,29H,4-6,12-13H2,1-3H3/t18-,23+/m0/s1. The SMILES string of the molecule is CCO[C@H]1CNC[C@]1(Nc1c(CC)nc(-c2ccc(Cl)cc2Cl)n(CC)c1=O)c1nccs1. The Kier molecular flexibility index (Phi) is 7.40. The van der Waals surface area contributed by atoms with Crippen LogP contribution in [-0.2, 0) is 23.2 Å². The van der Waals surface area contributed by atoms with Gasteiger partial charge in [0.25, 0.3) is 5.56 Å². The van der Waals surface area contributed by atoms with Gasteiger partial charge in [0.05, 0.1) is 10.7 Å². The second-order valence-electron chi connectivity index (χ2n) is 7.79. The number of hydrogen-bond donors (Lipinski definition) is 2. The van der Waals surface area contributed by atoms with Crippen molar-refractivity contribution in [2.45, 2.75) is 45.4 Å². The van der Waals surface area contributed by atoms with E-state index in [2.05, 4.69) is 15.6 Å². The number of ether oxygens (including phenoxy) is 1. The van der Waals surface area contributed by atoms with Gasteiger partial charge < -0.3 is 15.4 Å². The maximum atomic E-state index is 13.8. The summed E-state index contributed by atoms with van der Waals surface area (Å²) in [7, 11) is 0. The number of thiazole rings is 1. The number of nitrogens with one attached hydrogen (secondary N) is 2. The van der Waals surface area contributed by atoms with Gasteiger partial charge in [-0.05, 0) is 38.5 Å². The first-order valence-electron chi connectivity index (χ1n) is 11.0. The zero-order chi connectivity index (χ0) is 23.6. The number of hydrogen-bond acceptors (Lipinski definition) is 7. The Morgan fingerprint density at radius 2 is 2.15 bits per heavy atom. The van der Waals surface area contributed by atoms with Crippen molar-refractivity contribution in [3.05, 3.63) is 60.9 Å². The molecule has 0 saturated carbocycles. The van der Waals surface area contributed by atoms with E-state index in [0.717, 1.165) is 5.01 Å². The van der Waals surface area contributed by atoms with Gasteiger partial charge in [-0.2, -0.15) is 0 Å². The first-order chi connectivity index (χ1) is 15.9. The Morgan fingerprint density at radius 1 is 1.33 bits per heavy atom. The molecule has 33 heavy (non-hydrogen) atoms. The first-order valence-corrected chi connectivity index (χ1v) is 12.7. The zero-order valence-corrected chi connectivity index (χ0v) is 21.2. The monoisotopic (exact) mass is 507 g/mol. The van der Waals surface area contributed by atoms with Gasteiger partial charge in [-0.15, -0.1) is 11.3 Å². The number of anilines is 1. The molecule has 0 bridgehead atoms. The minimum atomic E-state index is -0.667. The summed E-state index contributed by atoms with van der Waals surface area (Å²) >= 11 is 14.1. The third-order valence-corrected chi connectivity index (χ3v) is 7.38. The second kappa shape index (κ2) is 10.1. The van der Waals surface area contributed by atoms with Crippen LogP contribution in [0.3, 0.4) is 0 Å². The van der Waals surface area contributed by atoms with Crippen molar-refractivity contribution in [2.75, 3.05) is 25.0 Å². The van der Waals surface area contributed by atoms with Crippen LogP contribution < -0.4 is 16.2 Å². The molecule has 3 heterocycles. The van der Waals surface area contributed by atoms with E-state index >= 15 is 0 Å². The number of aryl methyl sites for hydroxylation is 1. The van der Waals surface area contributed by atoms with E-state index in [0.29, 0.717) is 65.5 Å². The Labute approximate surface area is 207 Å². The quantitative estimate of drug-likeness (QED) is 0.464. The van der Waals surface area contributed by atoms with Gasteiger partial charge in [0.1, 0.15) is 28.2 Å². The molecule has 7 nitrogen and oxygen atoms in total. The molecule has 0 radical (unpaired) electrons. The Bertz CT molecular complexity index is 1180. The van der Waals surface area contributed by atoms with E-state index in [9.17, 15) is 4.79 Å². The van der Waals surface area contributed by atoms with Crippen molar-refractivity contribution < 1.29 is 4.74 Å². The van der Waals surface area contributed by atoms with Crippen LogP contribution >= 0.6 is 34.5 Å². The van der Waals surface area contributed by atoms with E-state index in [-0.39, 0.29) is 11.7 Å². The Hall–Kier alpha value is -1.97. The highest BCUT2D eigenvalue weighted by Crippen LogP contribution is 2.36. The largest absolute Gasteiger partial charge is 0.374 e. The van der Waals surface area contributed by atoms with E-state index in [1.165, 1.54) is 0 Å². The molecule has 1 aliphatic rings. The lowest BCUT2D eigenvalue weighted by molar-refractivity contribution is 0.0396. The number of aromatic nitrogens is 3. The van der Waals surface area contributed by atoms with Crippen LogP contribution in [0.5, 0.6) is 0 Å². The molecule has 176 valence electrons. The normalized spacial score (nSPS) is 20.3. The minimum absolute atomic E-state index is 0.150. The van der Waals surface area contributed by atoms with Crippen molar-refractivity contribution >= 4 is 40.2 Å². The molecule has 0 aliphatic carbocycles. The van der Waals surface area contributed by atoms with Crippen LogP contribution in [-0.4, -0.2) is 40.3 Å². The van der Waals surface area contributed by atoms with Crippen molar-refractivity contribution in [2.24, 2.45) is 0 Å². The van der Waals surface area contributed by atoms with Crippen LogP contribution in [0.15, 0.2) is 34.6 Å². The average Bonchev–Trinajstić information content (AvgIpc) is 3.47. The summed E-state index contributed by atoms with van der Waals surface area (Å²) in [5, 5.41) is 10.8. The molecule has 0 spiro atoms. The predicted octanol–water partition coefficient (Wildman–Crippen LogP) is 4.57. The summed E-state index contributed by atoms with van der Waals surface area (Å²) in [6.45, 7) is 8.13. The fourth-order valence-corrected chi connectivity index (χ4v) is 5.63. The van der Waals surface area contributed by atoms with Gasteiger partial charge in [0, 0.05) is 48.4 Å². The molecule has 2 aromatic heterocycles. The van der Waals surface area contributed by atoms with Gasteiger partial charge in [0.15, 0.2) is 0 Å². The van der Waals surface area contributed by atoms with E-state index < -0.39 is 5.54 Å². The molecule has 1 saturated heterocycles. The molecule has 10 heteroatoms. The molecular weight excluding hydrogens is 481 g/mol. The maximum absolute atomic E-state index is 13.8. The van der Waals surface area contributed by atoms with Crippen LogP contribution in [0.2, 0.25) is 10.0 Å². The molecule has 1 aromatic carbocycles. The molecule has 4 rings (SSSR count). The smallest absolute Gasteiger partial charge is 0.277 e. The number of rotatable bonds is 8. The van der Waals surface area contributed by atoms with E-state index in [4.69, 9.17) is 32.9 Å². The van der Waals surface area contributed by atoms with Crippen molar-refractivity contribution in [3.63, 3.8) is 0 Å². The number of halogens is 2. The summed E-state index contributed by atoms with van der Waals surface area (Å²) < 4.78 is 7.73. The van der Waals surface area contributed by atoms with E-state index in [1.54, 1.807) is 40.3 Å². The highest BCUT2D eigenvalue weighted by atomic mass is 35.5. The van der Waals surface area contributed by atoms with Crippen LogP contribution in [0.25, 0.3) is 11.4 Å². The lowest BCUT2D eigenvalue weighted by Crippen LogP contribution is -2.49. The van der Waals surface area contributed by atoms with Crippen molar-refractivity contribution in [3.8, 4) is 11.4 Å². The summed E-state index contributed by atoms with van der Waals surface area (Å²) in [5.41, 5.74) is 0.995. The fraction of sp³-hybridized carbons (Fsp3) is 0.435. The van der Waals surface area contributed by atoms with Crippen LogP contribution in [0.1, 0.15) is 31.5 Å². The summed E-state index contributed by atoms with van der Waals surface area (Å²) in [6.07, 6.45) is 2.17. The lowest BCUT2D eigenvalue weighted by Gasteiger charge is -2.35. The second-order valence-corrected chi connectivity index (χ2v) is 9.53. The third-order valence-electron chi connectivity index (χ3n) is 5.88. The number of benzene rings is 1. The topological polar surface area (TPSA) is 81.1 Å². The molecule has 0 unspecified atom stereocenters. The molecule has 3 aromatic rings. The predicted molar refractivity (Wildman–Crippen MR) is 135 cm³/mol. The first kappa shape index (κ1) is 24.2. The molecule has 2 atom stereocenters. The highest BCUT2D eigenvalue weighted by Gasteiger charge is 2.48. The van der Waals surface area contributed by atoms with Crippen LogP contribution in [0.4, 0.5) is 5.69 Å². The van der Waals surface area contributed by atoms with Gasteiger partial charge in [-0.3, -0.25) is 9.36 Å². The fourth-order valence-electron chi connectivity index (χ4n) is 4.30. The lowest BCUT2D eigenvalue weighted by atomic mass is 9.95. The summed E-state index contributed by atoms with van der Waals surface area (Å²) in [6, 6.07) is 5.21. The van der Waals surface area contributed by atoms with Crippen LogP contribution in [0, 0.1) is 0 Å². The van der Waals surface area contributed by atoms with Gasteiger partial charge in [-0.25, -0.2) is 9.97 Å².